The fraction of sp³-hybridized carbons (Fsp3) is 0.100. The topological polar surface area (TPSA) is 58.6 Å². The van der Waals surface area contributed by atoms with Crippen LogP contribution in [-0.4, -0.2) is 10.8 Å². The molecule has 0 amide bonds. The van der Waals surface area contributed by atoms with Crippen molar-refractivity contribution in [3.05, 3.63) is 29.1 Å². The monoisotopic (exact) mass is 206 g/mol. The number of hydrazone groups is 1. The molecule has 0 aliphatic heterocycles. The van der Waals surface area contributed by atoms with E-state index in [2.05, 4.69) is 5.10 Å². The molecular formula is C10H10N2OS. The molecule has 0 unspecified atom stereocenters. The van der Waals surface area contributed by atoms with Gasteiger partial charge in [0.15, 0.2) is 0 Å². The van der Waals surface area contributed by atoms with Gasteiger partial charge in [0.1, 0.15) is 5.75 Å². The number of fused-ring (bicyclic) bond motifs is 1. The number of nitrogens with zero attached hydrogens (tertiary/aromatic N) is 1. The predicted octanol–water partition coefficient (Wildman–Crippen LogP) is 2.29. The van der Waals surface area contributed by atoms with Crippen LogP contribution in [0.3, 0.4) is 0 Å². The van der Waals surface area contributed by atoms with Crippen molar-refractivity contribution < 1.29 is 5.11 Å². The summed E-state index contributed by atoms with van der Waals surface area (Å²) in [5.74, 6) is 5.45. The third-order valence-corrected chi connectivity index (χ3v) is 3.36. The van der Waals surface area contributed by atoms with Crippen molar-refractivity contribution in [1.82, 2.24) is 0 Å². The fourth-order valence-electron chi connectivity index (χ4n) is 1.34. The minimum absolute atomic E-state index is 0.275. The van der Waals surface area contributed by atoms with Gasteiger partial charge in [-0.2, -0.15) is 5.10 Å². The van der Waals surface area contributed by atoms with Crippen molar-refractivity contribution in [2.75, 3.05) is 0 Å². The van der Waals surface area contributed by atoms with E-state index in [0.29, 0.717) is 5.71 Å². The Bertz CT molecular complexity index is 502. The van der Waals surface area contributed by atoms with E-state index >= 15 is 0 Å². The van der Waals surface area contributed by atoms with Crippen molar-refractivity contribution in [1.29, 1.82) is 0 Å². The fourth-order valence-corrected chi connectivity index (χ4v) is 2.38. The quantitative estimate of drug-likeness (QED) is 0.427. The lowest BCUT2D eigenvalue weighted by Crippen LogP contribution is -1.95. The highest BCUT2D eigenvalue weighted by Crippen LogP contribution is 2.36. The second kappa shape index (κ2) is 3.31. The molecule has 0 saturated carbocycles. The van der Waals surface area contributed by atoms with E-state index in [0.717, 1.165) is 15.0 Å². The number of hydrogen-bond donors (Lipinski definition) is 2. The van der Waals surface area contributed by atoms with Crippen LogP contribution in [0, 0.1) is 0 Å². The molecule has 3 N–H and O–H groups in total. The van der Waals surface area contributed by atoms with Gasteiger partial charge in [0.05, 0.1) is 10.6 Å². The molecule has 0 fully saturated rings. The van der Waals surface area contributed by atoms with Crippen LogP contribution in [-0.2, 0) is 0 Å². The smallest absolute Gasteiger partial charge is 0.143 e. The normalized spacial score (nSPS) is 12.2. The number of hydrogen-bond acceptors (Lipinski definition) is 4. The van der Waals surface area contributed by atoms with Crippen molar-refractivity contribution in [2.45, 2.75) is 6.92 Å². The third kappa shape index (κ3) is 1.24. The summed E-state index contributed by atoms with van der Waals surface area (Å²) in [5.41, 5.74) is 0.656. The molecule has 0 aliphatic rings. The Balaban J connectivity index is 2.75. The molecule has 0 atom stereocenters. The van der Waals surface area contributed by atoms with Gasteiger partial charge in [0, 0.05) is 10.1 Å². The molecule has 4 heteroatoms. The first-order chi connectivity index (χ1) is 6.74. The Morgan fingerprint density at radius 1 is 1.43 bits per heavy atom. The maximum atomic E-state index is 9.87. The molecule has 14 heavy (non-hydrogen) atoms. The van der Waals surface area contributed by atoms with Gasteiger partial charge in [0.2, 0.25) is 0 Å². The van der Waals surface area contributed by atoms with Crippen molar-refractivity contribution in [2.24, 2.45) is 10.9 Å². The van der Waals surface area contributed by atoms with Crippen molar-refractivity contribution in [3.8, 4) is 5.75 Å². The van der Waals surface area contributed by atoms with Gasteiger partial charge in [0.25, 0.3) is 0 Å². The summed E-state index contributed by atoms with van der Waals surface area (Å²) in [4.78, 5) is 0.744. The molecule has 1 heterocycles. The summed E-state index contributed by atoms with van der Waals surface area (Å²) in [5, 5.41) is 14.3. The molecular weight excluding hydrogens is 196 g/mol. The number of nitrogens with two attached hydrogens (primary N) is 1. The highest BCUT2D eigenvalue weighted by Gasteiger charge is 2.12. The predicted molar refractivity (Wildman–Crippen MR) is 59.9 cm³/mol. The molecule has 2 rings (SSSR count). The van der Waals surface area contributed by atoms with Crippen molar-refractivity contribution in [3.63, 3.8) is 0 Å². The second-order valence-corrected chi connectivity index (χ2v) is 4.04. The summed E-state index contributed by atoms with van der Waals surface area (Å²) in [6.45, 7) is 1.78. The number of aromatic hydroxyl groups is 1. The zero-order valence-corrected chi connectivity index (χ0v) is 8.51. The first kappa shape index (κ1) is 9.02. The van der Waals surface area contributed by atoms with Crippen LogP contribution in [0.5, 0.6) is 5.75 Å². The largest absolute Gasteiger partial charge is 0.506 e. The Morgan fingerprint density at radius 2 is 2.14 bits per heavy atom. The van der Waals surface area contributed by atoms with Gasteiger partial charge < -0.3 is 10.9 Å². The van der Waals surface area contributed by atoms with E-state index < -0.39 is 0 Å². The highest BCUT2D eigenvalue weighted by molar-refractivity contribution is 7.21. The van der Waals surface area contributed by atoms with E-state index in [9.17, 15) is 5.11 Å². The number of benzene rings is 1. The molecule has 0 radical (unpaired) electrons. The number of thiophene rings is 1. The van der Waals surface area contributed by atoms with Crippen LogP contribution in [0.2, 0.25) is 0 Å². The second-order valence-electron chi connectivity index (χ2n) is 2.99. The minimum Gasteiger partial charge on any atom is -0.506 e. The molecule has 1 aromatic heterocycles. The highest BCUT2D eigenvalue weighted by atomic mass is 32.1. The van der Waals surface area contributed by atoms with Gasteiger partial charge in [-0.1, -0.05) is 12.1 Å². The van der Waals surface area contributed by atoms with Gasteiger partial charge >= 0.3 is 0 Å². The standard InChI is InChI=1S/C10H10N2OS/c1-6(12-11)10-9(13)7-4-2-3-5-8(7)14-10/h2-5,13H,11H2,1H3/b12-6+. The van der Waals surface area contributed by atoms with Crippen LogP contribution >= 0.6 is 11.3 Å². The third-order valence-electron chi connectivity index (χ3n) is 2.09. The zero-order valence-electron chi connectivity index (χ0n) is 7.69. The van der Waals surface area contributed by atoms with Gasteiger partial charge in [-0.25, -0.2) is 0 Å². The van der Waals surface area contributed by atoms with Crippen LogP contribution in [0.25, 0.3) is 10.1 Å². The van der Waals surface area contributed by atoms with Gasteiger partial charge in [-0.15, -0.1) is 11.3 Å². The molecule has 0 saturated heterocycles. The molecule has 72 valence electrons. The van der Waals surface area contributed by atoms with E-state index in [-0.39, 0.29) is 5.75 Å². The van der Waals surface area contributed by atoms with E-state index in [1.54, 1.807) is 6.92 Å². The van der Waals surface area contributed by atoms with Crippen LogP contribution < -0.4 is 5.84 Å². The molecule has 0 bridgehead atoms. The zero-order chi connectivity index (χ0) is 10.1. The van der Waals surface area contributed by atoms with Gasteiger partial charge in [-0.3, -0.25) is 0 Å². The minimum atomic E-state index is 0.275. The van der Waals surface area contributed by atoms with E-state index in [1.807, 2.05) is 24.3 Å². The lowest BCUT2D eigenvalue weighted by molar-refractivity contribution is 0.482. The summed E-state index contributed by atoms with van der Waals surface area (Å²) < 4.78 is 1.04. The van der Waals surface area contributed by atoms with E-state index in [4.69, 9.17) is 5.84 Å². The average molecular weight is 206 g/mol. The van der Waals surface area contributed by atoms with Gasteiger partial charge in [-0.05, 0) is 19.1 Å². The molecule has 1 aromatic carbocycles. The summed E-state index contributed by atoms with van der Waals surface area (Å²) in [6.07, 6.45) is 0. The maximum absolute atomic E-state index is 9.87. The lowest BCUT2D eigenvalue weighted by atomic mass is 10.2. The Hall–Kier alpha value is -1.55. The van der Waals surface area contributed by atoms with Crippen LogP contribution in [0.4, 0.5) is 0 Å². The average Bonchev–Trinajstić information content (AvgIpc) is 2.56. The Labute approximate surface area is 85.5 Å². The SMILES string of the molecule is C/C(=N\N)c1sc2ccccc2c1O. The maximum Gasteiger partial charge on any atom is 0.143 e. The van der Waals surface area contributed by atoms with Crippen molar-refractivity contribution >= 4 is 27.1 Å². The first-order valence-electron chi connectivity index (χ1n) is 4.19. The van der Waals surface area contributed by atoms with Crippen LogP contribution in [0.1, 0.15) is 11.8 Å². The summed E-state index contributed by atoms with van der Waals surface area (Å²) in [7, 11) is 0. The summed E-state index contributed by atoms with van der Waals surface area (Å²) in [6, 6.07) is 7.69. The first-order valence-corrected chi connectivity index (χ1v) is 5.01. The van der Waals surface area contributed by atoms with E-state index in [1.165, 1.54) is 11.3 Å². The lowest BCUT2D eigenvalue weighted by Gasteiger charge is -1.94. The Kier molecular flexibility index (Phi) is 2.13. The van der Waals surface area contributed by atoms with Crippen LogP contribution in [0.15, 0.2) is 29.4 Å². The number of rotatable bonds is 1. The molecule has 0 aliphatic carbocycles. The molecule has 0 spiro atoms. The summed E-state index contributed by atoms with van der Waals surface area (Å²) >= 11 is 1.50. The molecule has 3 nitrogen and oxygen atoms in total. The Morgan fingerprint density at radius 3 is 2.79 bits per heavy atom. The molecule has 2 aromatic rings.